The zero-order valence-corrected chi connectivity index (χ0v) is 17.8. The van der Waals surface area contributed by atoms with Gasteiger partial charge in [0.1, 0.15) is 16.5 Å². The van der Waals surface area contributed by atoms with E-state index < -0.39 is 0 Å². The lowest BCUT2D eigenvalue weighted by Gasteiger charge is -2.23. The van der Waals surface area contributed by atoms with Crippen molar-refractivity contribution in [1.29, 1.82) is 0 Å². The molecule has 0 saturated heterocycles. The van der Waals surface area contributed by atoms with Gasteiger partial charge in [0.2, 0.25) is 0 Å². The SMILES string of the molecule is Clc1cc(-c2c[nH]c3ncc(C=Cc4ccncc4)nc23)cc(NC2CCCCC2)n1. The maximum absolute atomic E-state index is 6.37. The molecule has 0 spiro atoms. The van der Waals surface area contributed by atoms with Gasteiger partial charge in [0.05, 0.1) is 11.9 Å². The van der Waals surface area contributed by atoms with Gasteiger partial charge in [0, 0.05) is 30.2 Å². The second-order valence-corrected chi connectivity index (χ2v) is 8.24. The van der Waals surface area contributed by atoms with E-state index in [4.69, 9.17) is 16.6 Å². The van der Waals surface area contributed by atoms with Gasteiger partial charge in [0.15, 0.2) is 5.65 Å². The lowest BCUT2D eigenvalue weighted by molar-refractivity contribution is 0.462. The normalized spacial score (nSPS) is 15.0. The third kappa shape index (κ3) is 4.59. The molecule has 1 fully saturated rings. The number of hydrogen-bond acceptors (Lipinski definition) is 5. The Labute approximate surface area is 185 Å². The van der Waals surface area contributed by atoms with Crippen molar-refractivity contribution in [3.8, 4) is 11.1 Å². The van der Waals surface area contributed by atoms with Gasteiger partial charge >= 0.3 is 0 Å². The number of halogens is 1. The molecule has 7 heteroatoms. The average Bonchev–Trinajstić information content (AvgIpc) is 3.22. The highest BCUT2D eigenvalue weighted by molar-refractivity contribution is 6.29. The van der Waals surface area contributed by atoms with Crippen LogP contribution in [0.5, 0.6) is 0 Å². The number of aromatic amines is 1. The Morgan fingerprint density at radius 2 is 1.87 bits per heavy atom. The minimum Gasteiger partial charge on any atom is -0.367 e. The first-order valence-electron chi connectivity index (χ1n) is 10.6. The van der Waals surface area contributed by atoms with Crippen LogP contribution in [0.15, 0.2) is 49.1 Å². The fourth-order valence-electron chi connectivity index (χ4n) is 4.04. The Kier molecular flexibility index (Phi) is 5.63. The number of anilines is 1. The number of nitrogens with zero attached hydrogens (tertiary/aromatic N) is 4. The molecular formula is C24H23ClN6. The van der Waals surface area contributed by atoms with Crippen LogP contribution in [0.2, 0.25) is 5.15 Å². The molecule has 4 aromatic heterocycles. The highest BCUT2D eigenvalue weighted by atomic mass is 35.5. The first-order valence-corrected chi connectivity index (χ1v) is 11.0. The number of H-pyrrole nitrogens is 1. The first kappa shape index (κ1) is 19.7. The summed E-state index contributed by atoms with van der Waals surface area (Å²) >= 11 is 6.37. The number of fused-ring (bicyclic) bond motifs is 1. The van der Waals surface area contributed by atoms with Crippen LogP contribution in [0.4, 0.5) is 5.82 Å². The molecular weight excluding hydrogens is 408 g/mol. The van der Waals surface area contributed by atoms with Crippen molar-refractivity contribution in [2.75, 3.05) is 5.32 Å². The van der Waals surface area contributed by atoms with Gasteiger partial charge < -0.3 is 10.3 Å². The predicted octanol–water partition coefficient (Wildman–Crippen LogP) is 5.98. The van der Waals surface area contributed by atoms with Crippen LogP contribution in [0.25, 0.3) is 34.4 Å². The lowest BCUT2D eigenvalue weighted by atomic mass is 9.95. The summed E-state index contributed by atoms with van der Waals surface area (Å²) in [6.07, 6.45) is 17.4. The molecule has 1 aliphatic rings. The molecule has 0 radical (unpaired) electrons. The molecule has 0 bridgehead atoms. The van der Waals surface area contributed by atoms with Gasteiger partial charge in [-0.05, 0) is 54.3 Å². The van der Waals surface area contributed by atoms with E-state index in [1.54, 1.807) is 18.6 Å². The number of hydrogen-bond donors (Lipinski definition) is 2. The van der Waals surface area contributed by atoms with E-state index in [2.05, 4.69) is 25.3 Å². The van der Waals surface area contributed by atoms with Crippen molar-refractivity contribution in [3.63, 3.8) is 0 Å². The van der Waals surface area contributed by atoms with Gasteiger partial charge in [-0.15, -0.1) is 0 Å². The smallest absolute Gasteiger partial charge is 0.156 e. The second-order valence-electron chi connectivity index (χ2n) is 7.85. The van der Waals surface area contributed by atoms with E-state index in [1.165, 1.54) is 32.1 Å². The van der Waals surface area contributed by atoms with E-state index >= 15 is 0 Å². The Morgan fingerprint density at radius 3 is 2.71 bits per heavy atom. The van der Waals surface area contributed by atoms with Crippen molar-refractivity contribution >= 4 is 40.7 Å². The van der Waals surface area contributed by atoms with E-state index in [0.717, 1.165) is 39.4 Å². The van der Waals surface area contributed by atoms with Gasteiger partial charge in [-0.25, -0.2) is 15.0 Å². The average molecular weight is 431 g/mol. The van der Waals surface area contributed by atoms with Crippen LogP contribution < -0.4 is 5.32 Å². The number of nitrogens with one attached hydrogen (secondary N) is 2. The maximum Gasteiger partial charge on any atom is 0.156 e. The standard InChI is InChI=1S/C24H23ClN6/c25-21-12-17(13-22(31-21)29-18-4-2-1-3-5-18)20-15-28-24-23(20)30-19(14-27-24)7-6-16-8-10-26-11-9-16/h6-15,18H,1-5H2,(H,27,28)(H,29,31). The lowest BCUT2D eigenvalue weighted by Crippen LogP contribution is -2.22. The Hall–Kier alpha value is -3.25. The van der Waals surface area contributed by atoms with Gasteiger partial charge in [-0.3, -0.25) is 4.98 Å². The molecule has 31 heavy (non-hydrogen) atoms. The zero-order valence-electron chi connectivity index (χ0n) is 17.1. The Morgan fingerprint density at radius 1 is 1.03 bits per heavy atom. The van der Waals surface area contributed by atoms with Gasteiger partial charge in [-0.2, -0.15) is 0 Å². The zero-order chi connectivity index (χ0) is 21.0. The van der Waals surface area contributed by atoms with Crippen molar-refractivity contribution in [1.82, 2.24) is 24.9 Å². The molecule has 0 aliphatic heterocycles. The fourth-order valence-corrected chi connectivity index (χ4v) is 4.25. The van der Waals surface area contributed by atoms with Crippen LogP contribution in [-0.2, 0) is 0 Å². The third-order valence-electron chi connectivity index (χ3n) is 5.61. The van der Waals surface area contributed by atoms with Gasteiger partial charge in [-0.1, -0.05) is 36.9 Å². The summed E-state index contributed by atoms with van der Waals surface area (Å²) in [5, 5.41) is 4.03. The van der Waals surface area contributed by atoms with E-state index in [9.17, 15) is 0 Å². The molecule has 1 aliphatic carbocycles. The summed E-state index contributed by atoms with van der Waals surface area (Å²) in [4.78, 5) is 21.1. The van der Waals surface area contributed by atoms with Crippen LogP contribution in [0.3, 0.4) is 0 Å². The van der Waals surface area contributed by atoms with E-state index in [0.29, 0.717) is 11.2 Å². The van der Waals surface area contributed by atoms with Crippen LogP contribution >= 0.6 is 11.6 Å². The highest BCUT2D eigenvalue weighted by Crippen LogP contribution is 2.31. The largest absolute Gasteiger partial charge is 0.367 e. The topological polar surface area (TPSA) is 79.4 Å². The van der Waals surface area contributed by atoms with Crippen molar-refractivity contribution < 1.29 is 0 Å². The monoisotopic (exact) mass is 430 g/mol. The molecule has 2 N–H and O–H groups in total. The van der Waals surface area contributed by atoms with Crippen LogP contribution in [0.1, 0.15) is 43.4 Å². The molecule has 0 unspecified atom stereocenters. The maximum atomic E-state index is 6.37. The summed E-state index contributed by atoms with van der Waals surface area (Å²) < 4.78 is 0. The molecule has 4 heterocycles. The minimum absolute atomic E-state index is 0.459. The molecule has 1 saturated carbocycles. The minimum atomic E-state index is 0.459. The Bertz CT molecular complexity index is 1210. The number of pyridine rings is 2. The van der Waals surface area contributed by atoms with Crippen LogP contribution in [0, 0.1) is 0 Å². The highest BCUT2D eigenvalue weighted by Gasteiger charge is 2.16. The third-order valence-corrected chi connectivity index (χ3v) is 5.81. The first-order chi connectivity index (χ1) is 15.2. The molecule has 0 amide bonds. The summed E-state index contributed by atoms with van der Waals surface area (Å²) in [5.41, 5.74) is 5.32. The molecule has 4 aromatic rings. The molecule has 0 atom stereocenters. The molecule has 5 rings (SSSR count). The summed E-state index contributed by atoms with van der Waals surface area (Å²) in [7, 11) is 0. The quantitative estimate of drug-likeness (QED) is 0.380. The summed E-state index contributed by atoms with van der Waals surface area (Å²) in [5.74, 6) is 0.811. The second kappa shape index (κ2) is 8.86. The predicted molar refractivity (Wildman–Crippen MR) is 126 cm³/mol. The number of aromatic nitrogens is 5. The summed E-state index contributed by atoms with van der Waals surface area (Å²) in [6.45, 7) is 0. The van der Waals surface area contributed by atoms with Crippen molar-refractivity contribution in [3.05, 3.63) is 65.5 Å². The summed E-state index contributed by atoms with van der Waals surface area (Å²) in [6, 6.07) is 8.27. The van der Waals surface area contributed by atoms with Gasteiger partial charge in [0.25, 0.3) is 0 Å². The van der Waals surface area contributed by atoms with Crippen LogP contribution in [-0.4, -0.2) is 31.0 Å². The number of rotatable bonds is 5. The van der Waals surface area contributed by atoms with E-state index in [1.807, 2.05) is 42.6 Å². The Balaban J connectivity index is 1.46. The fraction of sp³-hybridized carbons (Fsp3) is 0.250. The molecule has 6 nitrogen and oxygen atoms in total. The van der Waals surface area contributed by atoms with E-state index in [-0.39, 0.29) is 0 Å². The molecule has 156 valence electrons. The van der Waals surface area contributed by atoms with Crippen molar-refractivity contribution in [2.24, 2.45) is 0 Å². The van der Waals surface area contributed by atoms with Crippen molar-refractivity contribution in [2.45, 2.75) is 38.1 Å². The molecule has 0 aromatic carbocycles.